The van der Waals surface area contributed by atoms with E-state index in [1.165, 1.54) is 0 Å². The largest absolute Gasteiger partial charge is 0.354 e. The van der Waals surface area contributed by atoms with Crippen molar-refractivity contribution in [3.05, 3.63) is 59.4 Å². The summed E-state index contributed by atoms with van der Waals surface area (Å²) < 4.78 is 1.96. The van der Waals surface area contributed by atoms with E-state index in [1.807, 2.05) is 28.2 Å². The summed E-state index contributed by atoms with van der Waals surface area (Å²) in [7, 11) is 0. The predicted molar refractivity (Wildman–Crippen MR) is 88.6 cm³/mol. The Bertz CT molecular complexity index is 781. The van der Waals surface area contributed by atoms with Crippen molar-refractivity contribution in [3.8, 4) is 0 Å². The number of aromatic nitrogens is 2. The minimum atomic E-state index is -0.255. The van der Waals surface area contributed by atoms with Crippen LogP contribution < -0.4 is 10.6 Å². The van der Waals surface area contributed by atoms with Gasteiger partial charge in [-0.15, -0.1) is 11.3 Å². The maximum atomic E-state index is 11.8. The molecule has 0 unspecified atom stereocenters. The fourth-order valence-electron chi connectivity index (χ4n) is 2.14. The second-order valence-corrected chi connectivity index (χ2v) is 5.85. The first kappa shape index (κ1) is 15.2. The smallest absolute Gasteiger partial charge is 0.251 e. The van der Waals surface area contributed by atoms with Crippen LogP contribution in [-0.4, -0.2) is 34.3 Å². The van der Waals surface area contributed by atoms with E-state index in [2.05, 4.69) is 15.6 Å². The zero-order valence-electron chi connectivity index (χ0n) is 12.4. The van der Waals surface area contributed by atoms with E-state index >= 15 is 0 Å². The summed E-state index contributed by atoms with van der Waals surface area (Å²) in [6.45, 7) is 0.455. The average molecular weight is 328 g/mol. The van der Waals surface area contributed by atoms with Gasteiger partial charge >= 0.3 is 0 Å². The first-order valence-electron chi connectivity index (χ1n) is 7.23. The van der Waals surface area contributed by atoms with E-state index in [0.29, 0.717) is 18.5 Å². The van der Waals surface area contributed by atoms with Gasteiger partial charge in [-0.2, -0.15) is 0 Å². The summed E-state index contributed by atoms with van der Waals surface area (Å²) >= 11 is 1.57. The first-order valence-corrected chi connectivity index (χ1v) is 8.11. The molecule has 1 aromatic carbocycles. The van der Waals surface area contributed by atoms with E-state index in [-0.39, 0.29) is 18.4 Å². The standard InChI is InChI=1S/C16H16N4O2S/c21-14(10-18-15(22)12-4-2-1-3-5-12)17-7-6-13-11-20-8-9-23-16(20)19-13/h1-5,8-9,11H,6-7,10H2,(H,17,21)(H,18,22). The van der Waals surface area contributed by atoms with Crippen molar-refractivity contribution in [3.63, 3.8) is 0 Å². The van der Waals surface area contributed by atoms with Gasteiger partial charge in [0.25, 0.3) is 5.91 Å². The molecule has 23 heavy (non-hydrogen) atoms. The van der Waals surface area contributed by atoms with Crippen LogP contribution in [0.25, 0.3) is 4.96 Å². The van der Waals surface area contributed by atoms with Crippen LogP contribution >= 0.6 is 11.3 Å². The van der Waals surface area contributed by atoms with Crippen molar-refractivity contribution >= 4 is 28.1 Å². The SMILES string of the molecule is O=C(CNC(=O)c1ccccc1)NCCc1cn2ccsc2n1. The molecule has 0 fully saturated rings. The highest BCUT2D eigenvalue weighted by molar-refractivity contribution is 7.15. The van der Waals surface area contributed by atoms with Gasteiger partial charge in [0.05, 0.1) is 12.2 Å². The van der Waals surface area contributed by atoms with E-state index in [9.17, 15) is 9.59 Å². The molecule has 0 bridgehead atoms. The third kappa shape index (κ3) is 3.95. The van der Waals surface area contributed by atoms with E-state index in [4.69, 9.17) is 0 Å². The topological polar surface area (TPSA) is 75.5 Å². The molecule has 2 N–H and O–H groups in total. The lowest BCUT2D eigenvalue weighted by molar-refractivity contribution is -0.120. The molecule has 118 valence electrons. The highest BCUT2D eigenvalue weighted by Gasteiger charge is 2.08. The Kier molecular flexibility index (Phi) is 4.68. The molecule has 3 aromatic rings. The van der Waals surface area contributed by atoms with E-state index < -0.39 is 0 Å². The van der Waals surface area contributed by atoms with Crippen LogP contribution in [0.4, 0.5) is 0 Å². The van der Waals surface area contributed by atoms with Crippen molar-refractivity contribution in [1.82, 2.24) is 20.0 Å². The molecule has 0 saturated heterocycles. The number of nitrogens with one attached hydrogen (secondary N) is 2. The summed E-state index contributed by atoms with van der Waals surface area (Å²) in [5.74, 6) is -0.467. The minimum Gasteiger partial charge on any atom is -0.354 e. The minimum absolute atomic E-state index is 0.0357. The van der Waals surface area contributed by atoms with Gasteiger partial charge in [0.1, 0.15) is 0 Å². The van der Waals surface area contributed by atoms with Crippen LogP contribution in [-0.2, 0) is 11.2 Å². The number of carbonyl (C=O) groups excluding carboxylic acids is 2. The normalized spacial score (nSPS) is 10.6. The van der Waals surface area contributed by atoms with Gasteiger partial charge in [-0.25, -0.2) is 4.98 Å². The molecule has 0 aliphatic carbocycles. The molecule has 0 radical (unpaired) electrons. The summed E-state index contributed by atoms with van der Waals surface area (Å²) in [6.07, 6.45) is 4.57. The number of fused-ring (bicyclic) bond motifs is 1. The van der Waals surface area contributed by atoms with Crippen molar-refractivity contribution in [2.75, 3.05) is 13.1 Å². The second-order valence-electron chi connectivity index (χ2n) is 4.97. The third-order valence-corrected chi connectivity index (χ3v) is 4.06. The summed E-state index contributed by atoms with van der Waals surface area (Å²) in [5.41, 5.74) is 1.48. The van der Waals surface area contributed by atoms with Crippen LogP contribution in [0, 0.1) is 0 Å². The second kappa shape index (κ2) is 7.06. The Morgan fingerprint density at radius 1 is 1.17 bits per heavy atom. The fraction of sp³-hybridized carbons (Fsp3) is 0.188. The van der Waals surface area contributed by atoms with Crippen LogP contribution in [0.5, 0.6) is 0 Å². The molecule has 0 aliphatic rings. The molecule has 0 saturated carbocycles. The predicted octanol–water partition coefficient (Wildman–Crippen LogP) is 1.48. The molecular weight excluding hydrogens is 312 g/mol. The Balaban J connectivity index is 1.39. The highest BCUT2D eigenvalue weighted by Crippen LogP contribution is 2.11. The number of amides is 2. The Morgan fingerprint density at radius 2 is 2.00 bits per heavy atom. The van der Waals surface area contributed by atoms with Crippen LogP contribution in [0.15, 0.2) is 48.1 Å². The zero-order valence-corrected chi connectivity index (χ0v) is 13.2. The third-order valence-electron chi connectivity index (χ3n) is 3.29. The lowest BCUT2D eigenvalue weighted by Gasteiger charge is -2.06. The number of hydrogen-bond donors (Lipinski definition) is 2. The summed E-state index contributed by atoms with van der Waals surface area (Å²) in [5, 5.41) is 7.35. The van der Waals surface area contributed by atoms with Crippen molar-refractivity contribution < 1.29 is 9.59 Å². The maximum Gasteiger partial charge on any atom is 0.251 e. The lowest BCUT2D eigenvalue weighted by atomic mass is 10.2. The average Bonchev–Trinajstić information content (AvgIpc) is 3.15. The molecule has 0 atom stereocenters. The molecule has 0 spiro atoms. The van der Waals surface area contributed by atoms with Gasteiger partial charge in [0.2, 0.25) is 5.91 Å². The number of thiazole rings is 1. The fourth-order valence-corrected chi connectivity index (χ4v) is 2.86. The molecular formula is C16H16N4O2S. The first-order chi connectivity index (χ1) is 11.2. The molecule has 7 heteroatoms. The van der Waals surface area contributed by atoms with Crippen LogP contribution in [0.2, 0.25) is 0 Å². The van der Waals surface area contributed by atoms with Crippen molar-refractivity contribution in [2.24, 2.45) is 0 Å². The Hall–Kier alpha value is -2.67. The number of rotatable bonds is 6. The van der Waals surface area contributed by atoms with Gasteiger partial charge in [0, 0.05) is 36.3 Å². The Morgan fingerprint density at radius 3 is 2.78 bits per heavy atom. The molecule has 3 rings (SSSR count). The zero-order chi connectivity index (χ0) is 16.1. The van der Waals surface area contributed by atoms with Gasteiger partial charge in [-0.1, -0.05) is 18.2 Å². The number of imidazole rings is 1. The van der Waals surface area contributed by atoms with E-state index in [0.717, 1.165) is 10.7 Å². The van der Waals surface area contributed by atoms with Crippen molar-refractivity contribution in [1.29, 1.82) is 0 Å². The maximum absolute atomic E-state index is 11.8. The molecule has 0 aliphatic heterocycles. The number of nitrogens with zero attached hydrogens (tertiary/aromatic N) is 2. The molecule has 6 nitrogen and oxygen atoms in total. The lowest BCUT2D eigenvalue weighted by Crippen LogP contribution is -2.37. The number of benzene rings is 1. The molecule has 2 aromatic heterocycles. The van der Waals surface area contributed by atoms with Crippen LogP contribution in [0.1, 0.15) is 16.1 Å². The highest BCUT2D eigenvalue weighted by atomic mass is 32.1. The van der Waals surface area contributed by atoms with E-state index in [1.54, 1.807) is 35.6 Å². The Labute approximate surface area is 137 Å². The number of hydrogen-bond acceptors (Lipinski definition) is 4. The summed E-state index contributed by atoms with van der Waals surface area (Å²) in [4.78, 5) is 28.9. The van der Waals surface area contributed by atoms with Gasteiger partial charge in [-0.05, 0) is 12.1 Å². The van der Waals surface area contributed by atoms with Crippen molar-refractivity contribution in [2.45, 2.75) is 6.42 Å². The van der Waals surface area contributed by atoms with Gasteiger partial charge in [-0.3, -0.25) is 14.0 Å². The number of carbonyl (C=O) groups is 2. The quantitative estimate of drug-likeness (QED) is 0.720. The van der Waals surface area contributed by atoms with Gasteiger partial charge < -0.3 is 10.6 Å². The molecule has 2 amide bonds. The molecule has 2 heterocycles. The van der Waals surface area contributed by atoms with Crippen LogP contribution in [0.3, 0.4) is 0 Å². The van der Waals surface area contributed by atoms with Gasteiger partial charge in [0.15, 0.2) is 4.96 Å². The summed E-state index contributed by atoms with van der Waals surface area (Å²) in [6, 6.07) is 8.81. The monoisotopic (exact) mass is 328 g/mol.